The molecule has 0 aromatic heterocycles. The lowest BCUT2D eigenvalue weighted by atomic mass is 9.97. The number of unbranched alkanes of at least 4 members (excludes halogenated alkanes) is 1. The highest BCUT2D eigenvalue weighted by molar-refractivity contribution is 7.89. The monoisotopic (exact) mass is 1400 g/mol. The highest BCUT2D eigenvalue weighted by Gasteiger charge is 2.43. The Balaban J connectivity index is 0.619. The van der Waals surface area contributed by atoms with Gasteiger partial charge in [-0.3, -0.25) is 9.80 Å². The van der Waals surface area contributed by atoms with E-state index in [0.717, 1.165) is 74.1 Å². The Hall–Kier alpha value is -4.28. The molecule has 8 N–H and O–H groups in total. The molecule has 4 aliphatic rings. The van der Waals surface area contributed by atoms with Crippen molar-refractivity contribution >= 4 is 78.5 Å². The van der Waals surface area contributed by atoms with Crippen LogP contribution in [0.3, 0.4) is 0 Å². The van der Waals surface area contributed by atoms with Crippen molar-refractivity contribution in [2.75, 3.05) is 105 Å². The number of hydrogen-bond acceptors (Lipinski definition) is 15. The average molecular weight is 1400 g/mol. The number of nitrogens with one attached hydrogen (secondary N) is 6. The van der Waals surface area contributed by atoms with Crippen LogP contribution in [-0.2, 0) is 51.8 Å². The van der Waals surface area contributed by atoms with Crippen LogP contribution in [-0.4, -0.2) is 174 Å². The first-order chi connectivity index (χ1) is 44.0. The Morgan fingerprint density at radius 1 is 0.554 bits per heavy atom. The van der Waals surface area contributed by atoms with E-state index in [2.05, 4.69) is 47.4 Å². The van der Waals surface area contributed by atoms with Gasteiger partial charge in [-0.25, -0.2) is 35.9 Å². The summed E-state index contributed by atoms with van der Waals surface area (Å²) >= 11 is 26.3. The molecular weight excluding hydrogens is 1300 g/mol. The van der Waals surface area contributed by atoms with Crippen LogP contribution >= 0.6 is 46.4 Å². The number of hydrogen-bond donors (Lipinski definition) is 7. The van der Waals surface area contributed by atoms with E-state index in [1.165, 1.54) is 18.6 Å². The summed E-state index contributed by atoms with van der Waals surface area (Å²) in [6.45, 7) is 16.6. The molecule has 2 aliphatic heterocycles. The molecule has 2 heterocycles. The lowest BCUT2D eigenvalue weighted by molar-refractivity contribution is 0.0381. The number of rotatable bonds is 35. The van der Waals surface area contributed by atoms with Crippen molar-refractivity contribution in [3.8, 4) is 11.5 Å². The van der Waals surface area contributed by atoms with Crippen LogP contribution in [0.25, 0.3) is 0 Å². The molecule has 510 valence electrons. The maximum atomic E-state index is 13.6. The Kier molecular flexibility index (Phi) is 28.5. The Morgan fingerprint density at radius 3 is 1.37 bits per heavy atom. The summed E-state index contributed by atoms with van der Waals surface area (Å²) in [5, 5.41) is 13.4. The summed E-state index contributed by atoms with van der Waals surface area (Å²) < 4.78 is 96.0. The number of piperidine rings is 2. The number of likely N-dealkylation sites (tertiary alicyclic amines) is 2. The predicted molar refractivity (Wildman–Crippen MR) is 359 cm³/mol. The van der Waals surface area contributed by atoms with Crippen molar-refractivity contribution in [1.29, 1.82) is 0 Å². The summed E-state index contributed by atoms with van der Waals surface area (Å²) in [5.74, 6) is 1.51. The molecule has 0 saturated carbocycles. The lowest BCUT2D eigenvalue weighted by Crippen LogP contribution is -2.49. The number of nitrogens with zero attached hydrogens (tertiary/aromatic N) is 2. The molecule has 4 aromatic carbocycles. The van der Waals surface area contributed by atoms with Gasteiger partial charge in [0, 0.05) is 88.6 Å². The van der Waals surface area contributed by atoms with Gasteiger partial charge in [-0.15, -0.1) is 0 Å². The highest BCUT2D eigenvalue weighted by Crippen LogP contribution is 2.45. The molecule has 4 aromatic rings. The van der Waals surface area contributed by atoms with Gasteiger partial charge in [0.2, 0.25) is 20.0 Å². The predicted octanol–water partition coefficient (Wildman–Crippen LogP) is 9.30. The summed E-state index contributed by atoms with van der Waals surface area (Å²) in [7, 11) is -7.81. The van der Waals surface area contributed by atoms with Crippen molar-refractivity contribution < 1.29 is 54.8 Å². The van der Waals surface area contributed by atoms with Crippen LogP contribution in [0.4, 0.5) is 9.59 Å². The minimum atomic E-state index is -3.91. The van der Waals surface area contributed by atoms with E-state index in [1.54, 1.807) is 48.5 Å². The van der Waals surface area contributed by atoms with E-state index in [0.29, 0.717) is 69.9 Å². The molecule has 2 aliphatic carbocycles. The smallest absolute Gasteiger partial charge is 0.314 e. The third kappa shape index (κ3) is 21.6. The number of nitrogens with two attached hydrogens (primary N) is 1. The molecule has 92 heavy (non-hydrogen) atoms. The van der Waals surface area contributed by atoms with E-state index in [9.17, 15) is 26.4 Å². The molecular formula is C65H93Cl4N9O12S2. The maximum absolute atomic E-state index is 13.6. The van der Waals surface area contributed by atoms with Crippen LogP contribution in [0.5, 0.6) is 11.5 Å². The van der Waals surface area contributed by atoms with Crippen molar-refractivity contribution in [1.82, 2.24) is 40.5 Å². The molecule has 0 unspecified atom stereocenters. The molecule has 0 spiro atoms. The normalized spacial score (nSPS) is 21.0. The Bertz CT molecular complexity index is 3040. The second-order valence-corrected chi connectivity index (χ2v) is 30.1. The van der Waals surface area contributed by atoms with Crippen LogP contribution in [0, 0.1) is 17.8 Å². The summed E-state index contributed by atoms with van der Waals surface area (Å²) in [4.78, 5) is 29.7. The van der Waals surface area contributed by atoms with Gasteiger partial charge in [0.25, 0.3) is 0 Å². The van der Waals surface area contributed by atoms with Crippen LogP contribution in [0.1, 0.15) is 108 Å². The SMILES string of the molecule is CC(C)[C@@H](COCCOCCNC(=O)NCCCCNC(=O)NCCOCCOC[C@@H](NS(=O)(=O)c1ccc(O[C@H]2c3cc(Cl)cc(Cl)c3C[C@@H]2N2CCC[C@@H](N)C2)cc1)C(C)C)NS(=O)(=O)c1ccc(O[C@H]2c3cc(Cl)cc(Cl)c3C[C@@H]2N2CCC[C@@H](C)C2)cc1. The van der Waals surface area contributed by atoms with E-state index in [4.69, 9.17) is 80.6 Å². The second-order valence-electron chi connectivity index (χ2n) is 25.0. The van der Waals surface area contributed by atoms with Gasteiger partial charge >= 0.3 is 12.1 Å². The zero-order chi connectivity index (χ0) is 66.0. The first kappa shape index (κ1) is 73.5. The topological polar surface area (TPSA) is 262 Å². The minimum absolute atomic E-state index is 0.00311. The fraction of sp³-hybridized carbons (Fsp3) is 0.600. The molecule has 27 heteroatoms. The molecule has 4 amide bonds. The van der Waals surface area contributed by atoms with Gasteiger partial charge < -0.3 is 55.4 Å². The van der Waals surface area contributed by atoms with Gasteiger partial charge in [0.05, 0.1) is 74.7 Å². The maximum Gasteiger partial charge on any atom is 0.314 e. The standard InChI is InChI=1S/C65H93Cl4N9O12S2/c1-42(2)58(75-91(81,82)50-16-12-48(13-17-50)89-62-54-32-45(66)34-56(68)52(54)36-60(62)77-24-8-10-44(5)38-77)40-87-30-28-85-26-22-73-64(79)71-20-6-7-21-72-65(80)74-23-27-86-29-31-88-41-59(43(3)4)76-92(83,84)51-18-14-49(15-19-51)90-63-55-33-46(67)35-57(69)53(55)37-61(63)78-25-9-11-47(70)39-78/h12-19,32-35,42-44,47,58-63,75-76H,6-11,20-31,36-41,70H2,1-5H3,(H2,71,73,79)(H2,72,74,80)/t44-,47-,58-,59-,60+,61+,62+,63+/m1/s1. The number of carbonyl (C=O) groups excluding carboxylic acids is 2. The van der Waals surface area contributed by atoms with Gasteiger partial charge in [0.1, 0.15) is 23.7 Å². The molecule has 2 saturated heterocycles. The van der Waals surface area contributed by atoms with E-state index in [-0.39, 0.29) is 130 Å². The van der Waals surface area contributed by atoms with E-state index in [1.807, 2.05) is 39.8 Å². The average Bonchev–Trinajstić information content (AvgIpc) is 1.62. The molecule has 8 atom stereocenters. The number of amides is 4. The van der Waals surface area contributed by atoms with E-state index >= 15 is 0 Å². The van der Waals surface area contributed by atoms with Gasteiger partial charge in [-0.1, -0.05) is 81.0 Å². The quantitative estimate of drug-likeness (QED) is 0.0212. The van der Waals surface area contributed by atoms with Gasteiger partial charge in [-0.05, 0) is 166 Å². The summed E-state index contributed by atoms with van der Waals surface area (Å²) in [6, 6.07) is 18.7. The third-order valence-corrected chi connectivity index (χ3v) is 21.4. The summed E-state index contributed by atoms with van der Waals surface area (Å²) in [5.41, 5.74) is 10.3. The Morgan fingerprint density at radius 2 is 0.957 bits per heavy atom. The second kappa shape index (κ2) is 35.6. The molecule has 0 bridgehead atoms. The number of carbonyl (C=O) groups is 2. The molecule has 21 nitrogen and oxygen atoms in total. The number of sulfonamides is 2. The number of ether oxygens (including phenoxy) is 6. The number of fused-ring (bicyclic) bond motifs is 2. The fourth-order valence-corrected chi connectivity index (χ4v) is 16.0. The largest absolute Gasteiger partial charge is 0.484 e. The zero-order valence-electron chi connectivity index (χ0n) is 53.4. The first-order valence-electron chi connectivity index (χ1n) is 32.2. The van der Waals surface area contributed by atoms with Crippen molar-refractivity contribution in [3.05, 3.63) is 115 Å². The zero-order valence-corrected chi connectivity index (χ0v) is 58.0. The number of benzene rings is 4. The summed E-state index contributed by atoms with van der Waals surface area (Å²) in [6.07, 6.45) is 6.32. The number of urea groups is 2. The fourth-order valence-electron chi connectivity index (χ4n) is 12.1. The third-order valence-electron chi connectivity index (χ3n) is 17.2. The van der Waals surface area contributed by atoms with Crippen molar-refractivity contribution in [3.63, 3.8) is 0 Å². The van der Waals surface area contributed by atoms with Crippen LogP contribution in [0.15, 0.2) is 82.6 Å². The molecule has 0 radical (unpaired) electrons. The Labute approximate surface area is 563 Å². The van der Waals surface area contributed by atoms with Gasteiger partial charge in [0.15, 0.2) is 0 Å². The lowest BCUT2D eigenvalue weighted by Gasteiger charge is -2.38. The molecule has 8 rings (SSSR count). The van der Waals surface area contributed by atoms with Crippen molar-refractivity contribution in [2.45, 2.75) is 138 Å². The van der Waals surface area contributed by atoms with Gasteiger partial charge in [-0.2, -0.15) is 0 Å². The number of halogens is 4. The van der Waals surface area contributed by atoms with E-state index < -0.39 is 32.1 Å². The molecule has 2 fully saturated rings. The van der Waals surface area contributed by atoms with Crippen LogP contribution < -0.4 is 45.9 Å². The van der Waals surface area contributed by atoms with Crippen LogP contribution in [0.2, 0.25) is 20.1 Å². The first-order valence-corrected chi connectivity index (χ1v) is 36.6. The highest BCUT2D eigenvalue weighted by atomic mass is 35.5. The minimum Gasteiger partial charge on any atom is -0.484 e. The van der Waals surface area contributed by atoms with Crippen molar-refractivity contribution in [2.24, 2.45) is 23.5 Å².